The maximum absolute atomic E-state index is 12.7. The normalized spacial score (nSPS) is 11.2. The van der Waals surface area contributed by atoms with Crippen LogP contribution >= 0.6 is 0 Å². The van der Waals surface area contributed by atoms with Gasteiger partial charge < -0.3 is 5.32 Å². The Morgan fingerprint density at radius 3 is 2.31 bits per heavy atom. The van der Waals surface area contributed by atoms with Crippen LogP contribution in [0.1, 0.15) is 15.9 Å². The van der Waals surface area contributed by atoms with E-state index in [1.165, 1.54) is 18.2 Å². The zero-order valence-electron chi connectivity index (χ0n) is 14.0. The van der Waals surface area contributed by atoms with Crippen molar-refractivity contribution >= 4 is 21.7 Å². The van der Waals surface area contributed by atoms with Gasteiger partial charge in [-0.15, -0.1) is 0 Å². The molecule has 0 saturated heterocycles. The number of hydrogen-bond donors (Lipinski definition) is 2. The number of nitrogens with one attached hydrogen (secondary N) is 1. The summed E-state index contributed by atoms with van der Waals surface area (Å²) in [6.07, 6.45) is 0. The lowest BCUT2D eigenvalue weighted by Crippen LogP contribution is -2.13. The molecular weight excluding hydrogens is 350 g/mol. The van der Waals surface area contributed by atoms with Crippen LogP contribution in [0.25, 0.3) is 11.1 Å². The number of anilines is 1. The molecule has 0 fully saturated rings. The minimum atomic E-state index is -4.33. The molecule has 0 saturated carbocycles. The molecule has 0 spiro atoms. The quantitative estimate of drug-likeness (QED) is 0.678. The van der Waals surface area contributed by atoms with E-state index in [2.05, 4.69) is 5.32 Å². The molecule has 0 aliphatic heterocycles. The molecule has 26 heavy (non-hydrogen) atoms. The summed E-state index contributed by atoms with van der Waals surface area (Å²) < 4.78 is 31.6. The molecule has 0 aliphatic carbocycles. The van der Waals surface area contributed by atoms with Gasteiger partial charge in [-0.05, 0) is 42.3 Å². The Morgan fingerprint density at radius 1 is 0.923 bits per heavy atom. The van der Waals surface area contributed by atoms with Crippen LogP contribution in [0.15, 0.2) is 77.7 Å². The van der Waals surface area contributed by atoms with E-state index in [1.54, 1.807) is 18.2 Å². The Hall–Kier alpha value is -2.96. The van der Waals surface area contributed by atoms with Gasteiger partial charge in [0.25, 0.3) is 16.0 Å². The van der Waals surface area contributed by atoms with E-state index < -0.39 is 10.1 Å². The lowest BCUT2D eigenvalue weighted by molar-refractivity contribution is 0.102. The van der Waals surface area contributed by atoms with Crippen molar-refractivity contribution in [3.05, 3.63) is 83.9 Å². The first-order valence-electron chi connectivity index (χ1n) is 7.89. The van der Waals surface area contributed by atoms with Crippen LogP contribution in [0.5, 0.6) is 0 Å². The monoisotopic (exact) mass is 367 g/mol. The van der Waals surface area contributed by atoms with Crippen LogP contribution < -0.4 is 5.32 Å². The van der Waals surface area contributed by atoms with Crippen LogP contribution in [0, 0.1) is 6.92 Å². The molecular formula is C20H17NO4S. The van der Waals surface area contributed by atoms with Gasteiger partial charge in [0.1, 0.15) is 0 Å². The fourth-order valence-corrected chi connectivity index (χ4v) is 3.13. The fraction of sp³-hybridized carbons (Fsp3) is 0.0500. The topological polar surface area (TPSA) is 83.5 Å². The van der Waals surface area contributed by atoms with Crippen molar-refractivity contribution in [1.29, 1.82) is 0 Å². The van der Waals surface area contributed by atoms with E-state index in [0.29, 0.717) is 5.56 Å². The molecule has 3 rings (SSSR count). The highest BCUT2D eigenvalue weighted by molar-refractivity contribution is 7.85. The van der Waals surface area contributed by atoms with Gasteiger partial charge in [-0.3, -0.25) is 9.35 Å². The van der Waals surface area contributed by atoms with Crippen molar-refractivity contribution < 1.29 is 17.8 Å². The largest absolute Gasteiger partial charge is 0.322 e. The standard InChI is InChI=1S/C20H17NO4S/c1-14-9-11-15(12-10-14)18-7-2-3-8-19(18)20(22)21-16-5-4-6-17(13-16)26(23,24)25/h2-13H,1H3,(H,21,22)(H,23,24,25). The summed E-state index contributed by atoms with van der Waals surface area (Å²) in [6.45, 7) is 1.99. The van der Waals surface area contributed by atoms with Crippen LogP contribution in [-0.2, 0) is 10.1 Å². The van der Waals surface area contributed by atoms with E-state index in [4.69, 9.17) is 4.55 Å². The van der Waals surface area contributed by atoms with Gasteiger partial charge in [0, 0.05) is 11.3 Å². The fourth-order valence-electron chi connectivity index (χ4n) is 2.60. The second-order valence-corrected chi connectivity index (χ2v) is 7.29. The Morgan fingerprint density at radius 2 is 1.62 bits per heavy atom. The molecule has 132 valence electrons. The number of carbonyl (C=O) groups is 1. The maximum atomic E-state index is 12.7. The maximum Gasteiger partial charge on any atom is 0.294 e. The van der Waals surface area contributed by atoms with E-state index in [1.807, 2.05) is 43.3 Å². The Bertz CT molecular complexity index is 1060. The number of amides is 1. The van der Waals surface area contributed by atoms with Gasteiger partial charge >= 0.3 is 0 Å². The van der Waals surface area contributed by atoms with Crippen LogP contribution in [-0.4, -0.2) is 18.9 Å². The van der Waals surface area contributed by atoms with Gasteiger partial charge in [0.05, 0.1) is 4.90 Å². The summed E-state index contributed by atoms with van der Waals surface area (Å²) in [6, 6.07) is 20.5. The van der Waals surface area contributed by atoms with Crippen LogP contribution in [0.2, 0.25) is 0 Å². The Labute approximate surface area is 152 Å². The van der Waals surface area contributed by atoms with Crippen LogP contribution in [0.4, 0.5) is 5.69 Å². The molecule has 3 aromatic rings. The molecule has 0 atom stereocenters. The Balaban J connectivity index is 1.93. The summed E-state index contributed by atoms with van der Waals surface area (Å²) >= 11 is 0. The first-order valence-corrected chi connectivity index (χ1v) is 9.33. The first-order chi connectivity index (χ1) is 12.3. The van der Waals surface area contributed by atoms with E-state index in [0.717, 1.165) is 16.7 Å². The molecule has 0 radical (unpaired) electrons. The van der Waals surface area contributed by atoms with Crippen molar-refractivity contribution in [2.24, 2.45) is 0 Å². The number of aryl methyl sites for hydroxylation is 1. The van der Waals surface area contributed by atoms with Crippen molar-refractivity contribution in [3.63, 3.8) is 0 Å². The average Bonchev–Trinajstić information content (AvgIpc) is 2.62. The first kappa shape index (κ1) is 17.8. The third kappa shape index (κ3) is 3.99. The lowest BCUT2D eigenvalue weighted by atomic mass is 9.98. The van der Waals surface area contributed by atoms with Crippen molar-refractivity contribution in [2.75, 3.05) is 5.32 Å². The van der Waals surface area contributed by atoms with Crippen molar-refractivity contribution in [2.45, 2.75) is 11.8 Å². The lowest BCUT2D eigenvalue weighted by Gasteiger charge is -2.11. The number of carbonyl (C=O) groups excluding carboxylic acids is 1. The third-order valence-electron chi connectivity index (χ3n) is 3.92. The van der Waals surface area contributed by atoms with Gasteiger partial charge in [0.2, 0.25) is 0 Å². The Kier molecular flexibility index (Phi) is 4.88. The minimum absolute atomic E-state index is 0.276. The van der Waals surface area contributed by atoms with Gasteiger partial charge in [-0.1, -0.05) is 54.1 Å². The predicted octanol–water partition coefficient (Wildman–Crippen LogP) is 4.16. The zero-order valence-corrected chi connectivity index (χ0v) is 14.8. The van der Waals surface area contributed by atoms with Crippen molar-refractivity contribution in [3.8, 4) is 11.1 Å². The van der Waals surface area contributed by atoms with Crippen LogP contribution in [0.3, 0.4) is 0 Å². The molecule has 1 amide bonds. The summed E-state index contributed by atoms with van der Waals surface area (Å²) in [5.74, 6) is -0.367. The van der Waals surface area contributed by atoms with Crippen molar-refractivity contribution in [1.82, 2.24) is 0 Å². The number of benzene rings is 3. The van der Waals surface area contributed by atoms with E-state index >= 15 is 0 Å². The highest BCUT2D eigenvalue weighted by atomic mass is 32.2. The summed E-state index contributed by atoms with van der Waals surface area (Å²) in [5, 5.41) is 2.68. The third-order valence-corrected chi connectivity index (χ3v) is 4.77. The van der Waals surface area contributed by atoms with Gasteiger partial charge in [0.15, 0.2) is 0 Å². The SMILES string of the molecule is Cc1ccc(-c2ccccc2C(=O)Nc2cccc(S(=O)(=O)O)c2)cc1. The predicted molar refractivity (Wildman–Crippen MR) is 101 cm³/mol. The van der Waals surface area contributed by atoms with Gasteiger partial charge in [-0.2, -0.15) is 8.42 Å². The molecule has 0 unspecified atom stereocenters. The number of rotatable bonds is 4. The molecule has 0 aliphatic rings. The average molecular weight is 367 g/mol. The smallest absolute Gasteiger partial charge is 0.294 e. The van der Waals surface area contributed by atoms with Gasteiger partial charge in [-0.25, -0.2) is 0 Å². The zero-order chi connectivity index (χ0) is 18.7. The second-order valence-electron chi connectivity index (χ2n) is 5.87. The van der Waals surface area contributed by atoms with E-state index in [-0.39, 0.29) is 16.5 Å². The summed E-state index contributed by atoms with van der Waals surface area (Å²) in [5.41, 5.74) is 3.55. The molecule has 0 bridgehead atoms. The molecule has 3 aromatic carbocycles. The summed E-state index contributed by atoms with van der Waals surface area (Å²) in [4.78, 5) is 12.4. The summed E-state index contributed by atoms with van der Waals surface area (Å²) in [7, 11) is -4.33. The highest BCUT2D eigenvalue weighted by Crippen LogP contribution is 2.25. The van der Waals surface area contributed by atoms with E-state index in [9.17, 15) is 13.2 Å². The second kappa shape index (κ2) is 7.11. The molecule has 0 heterocycles. The molecule has 0 aromatic heterocycles. The molecule has 5 nitrogen and oxygen atoms in total. The molecule has 6 heteroatoms. The highest BCUT2D eigenvalue weighted by Gasteiger charge is 2.14. The minimum Gasteiger partial charge on any atom is -0.322 e. The number of hydrogen-bond acceptors (Lipinski definition) is 3. The molecule has 2 N–H and O–H groups in total.